The first-order chi connectivity index (χ1) is 18.7. The molecule has 1 aliphatic carbocycles. The second-order valence-corrected chi connectivity index (χ2v) is 10.0. The molecule has 2 saturated heterocycles. The van der Waals surface area contributed by atoms with Gasteiger partial charge in [0.1, 0.15) is 36.6 Å². The number of aliphatic hydroxyl groups excluding tert-OH is 2. The fourth-order valence-corrected chi connectivity index (χ4v) is 5.66. The fourth-order valence-electron chi connectivity index (χ4n) is 5.66. The Morgan fingerprint density at radius 2 is 0.658 bits per heavy atom. The summed E-state index contributed by atoms with van der Waals surface area (Å²) in [5.74, 6) is 0. The molecule has 0 bridgehead atoms. The molecular weight excluding hydrogens is 480 g/mol. The summed E-state index contributed by atoms with van der Waals surface area (Å²) in [7, 11) is 0. The molecule has 0 spiro atoms. The fraction of sp³-hybridized carbons (Fsp3) is 0.250. The highest BCUT2D eigenvalue weighted by Gasteiger charge is 2.60. The SMILES string of the molecule is O[C@@H]1[C@H]2OC(c3ccc(-c4ccccc4)cc3)O[C@H]2[C@@H](O)[C@@H]2OC(c3ccc(-c4ccccc4)cc3)O[C@@H]12. The summed E-state index contributed by atoms with van der Waals surface area (Å²) in [4.78, 5) is 0. The van der Waals surface area contributed by atoms with Crippen molar-refractivity contribution in [2.75, 3.05) is 0 Å². The minimum absolute atomic E-state index is 0.695. The van der Waals surface area contributed by atoms with Crippen molar-refractivity contribution in [3.8, 4) is 22.3 Å². The molecule has 3 fully saturated rings. The van der Waals surface area contributed by atoms with Crippen LogP contribution in [0.1, 0.15) is 23.7 Å². The van der Waals surface area contributed by atoms with Crippen molar-refractivity contribution in [2.24, 2.45) is 0 Å². The third kappa shape index (κ3) is 4.16. The maximum Gasteiger partial charge on any atom is 0.184 e. The van der Waals surface area contributed by atoms with E-state index in [0.29, 0.717) is 0 Å². The van der Waals surface area contributed by atoms with Gasteiger partial charge in [-0.1, -0.05) is 109 Å². The molecule has 192 valence electrons. The van der Waals surface area contributed by atoms with Gasteiger partial charge in [0.05, 0.1) is 0 Å². The van der Waals surface area contributed by atoms with Gasteiger partial charge in [-0.25, -0.2) is 0 Å². The quantitative estimate of drug-likeness (QED) is 0.403. The van der Waals surface area contributed by atoms with Gasteiger partial charge in [0, 0.05) is 11.1 Å². The summed E-state index contributed by atoms with van der Waals surface area (Å²) in [5, 5.41) is 22.3. The Morgan fingerprint density at radius 3 is 0.974 bits per heavy atom. The lowest BCUT2D eigenvalue weighted by atomic mass is 9.85. The monoisotopic (exact) mass is 508 g/mol. The summed E-state index contributed by atoms with van der Waals surface area (Å²) in [6, 6.07) is 36.1. The number of hydrogen-bond donors (Lipinski definition) is 2. The van der Waals surface area contributed by atoms with Gasteiger partial charge in [0.25, 0.3) is 0 Å². The molecule has 8 atom stereocenters. The largest absolute Gasteiger partial charge is 0.387 e. The Hall–Kier alpha value is -3.36. The summed E-state index contributed by atoms with van der Waals surface area (Å²) < 4.78 is 24.5. The van der Waals surface area contributed by atoms with E-state index in [1.54, 1.807) is 0 Å². The van der Waals surface area contributed by atoms with Gasteiger partial charge in [-0.05, 0) is 22.3 Å². The molecule has 2 unspecified atom stereocenters. The molecule has 4 aromatic carbocycles. The van der Waals surface area contributed by atoms with Crippen molar-refractivity contribution >= 4 is 0 Å². The van der Waals surface area contributed by atoms with Crippen LogP contribution in [0.3, 0.4) is 0 Å². The Morgan fingerprint density at radius 1 is 0.368 bits per heavy atom. The summed E-state index contributed by atoms with van der Waals surface area (Å²) >= 11 is 0. The average molecular weight is 509 g/mol. The predicted octanol–water partition coefficient (Wildman–Crippen LogP) is 5.02. The van der Waals surface area contributed by atoms with Crippen LogP contribution in [0.25, 0.3) is 22.3 Å². The van der Waals surface area contributed by atoms with Crippen molar-refractivity contribution in [1.82, 2.24) is 0 Å². The molecule has 6 heteroatoms. The van der Waals surface area contributed by atoms with Crippen molar-refractivity contribution in [1.29, 1.82) is 0 Å². The number of aliphatic hydroxyl groups is 2. The van der Waals surface area contributed by atoms with Crippen LogP contribution in [0.5, 0.6) is 0 Å². The van der Waals surface area contributed by atoms with E-state index in [0.717, 1.165) is 33.4 Å². The molecule has 6 nitrogen and oxygen atoms in total. The zero-order chi connectivity index (χ0) is 25.6. The van der Waals surface area contributed by atoms with Crippen LogP contribution < -0.4 is 0 Å². The molecule has 3 aliphatic rings. The van der Waals surface area contributed by atoms with E-state index in [1.165, 1.54) is 0 Å². The highest BCUT2D eigenvalue weighted by atomic mass is 16.8. The summed E-state index contributed by atoms with van der Waals surface area (Å²) in [5.41, 5.74) is 6.06. The third-order valence-corrected chi connectivity index (χ3v) is 7.70. The lowest BCUT2D eigenvalue weighted by Gasteiger charge is -2.38. The van der Waals surface area contributed by atoms with Gasteiger partial charge in [-0.2, -0.15) is 0 Å². The molecule has 0 aromatic heterocycles. The zero-order valence-corrected chi connectivity index (χ0v) is 20.5. The van der Waals surface area contributed by atoms with Crippen LogP contribution in [0, 0.1) is 0 Å². The number of benzene rings is 4. The van der Waals surface area contributed by atoms with E-state index in [4.69, 9.17) is 18.9 Å². The normalized spacial score (nSPS) is 32.1. The Bertz CT molecular complexity index is 1240. The van der Waals surface area contributed by atoms with Crippen LogP contribution in [0.15, 0.2) is 109 Å². The molecule has 1 saturated carbocycles. The molecule has 2 aliphatic heterocycles. The van der Waals surface area contributed by atoms with Crippen LogP contribution >= 0.6 is 0 Å². The highest BCUT2D eigenvalue weighted by molar-refractivity contribution is 5.64. The van der Waals surface area contributed by atoms with Gasteiger partial charge in [0.15, 0.2) is 12.6 Å². The first kappa shape index (κ1) is 23.7. The number of hydrogen-bond acceptors (Lipinski definition) is 6. The van der Waals surface area contributed by atoms with E-state index in [-0.39, 0.29) is 0 Å². The standard InChI is InChI=1S/C32H28O6/c33-25-27-28(36-31(35-27)23-15-11-21(12-16-23)19-7-3-1-4-8-19)26(34)30-29(25)37-32(38-30)24-17-13-22(14-18-24)20-9-5-2-6-10-20/h1-18,25-34H/t25-,26-,27-,28-,29-,30+,31?,32?/m0/s1. The Balaban J connectivity index is 1.05. The van der Waals surface area contributed by atoms with Crippen molar-refractivity contribution in [2.45, 2.75) is 49.2 Å². The number of rotatable bonds is 4. The first-order valence-corrected chi connectivity index (χ1v) is 12.9. The smallest absolute Gasteiger partial charge is 0.184 e. The van der Waals surface area contributed by atoms with E-state index in [9.17, 15) is 10.2 Å². The topological polar surface area (TPSA) is 77.4 Å². The van der Waals surface area contributed by atoms with Crippen molar-refractivity contribution in [3.63, 3.8) is 0 Å². The molecule has 2 heterocycles. The second kappa shape index (κ2) is 9.75. The molecule has 2 N–H and O–H groups in total. The highest BCUT2D eigenvalue weighted by Crippen LogP contribution is 2.45. The predicted molar refractivity (Wildman–Crippen MR) is 141 cm³/mol. The third-order valence-electron chi connectivity index (χ3n) is 7.70. The van der Waals surface area contributed by atoms with E-state index >= 15 is 0 Å². The van der Waals surface area contributed by atoms with Crippen LogP contribution in [-0.2, 0) is 18.9 Å². The van der Waals surface area contributed by atoms with Crippen LogP contribution in [-0.4, -0.2) is 46.8 Å². The van der Waals surface area contributed by atoms with Crippen molar-refractivity contribution in [3.05, 3.63) is 120 Å². The van der Waals surface area contributed by atoms with E-state index in [2.05, 4.69) is 24.3 Å². The molecule has 7 rings (SSSR count). The number of ether oxygens (including phenoxy) is 4. The molecule has 0 amide bonds. The second-order valence-electron chi connectivity index (χ2n) is 10.0. The van der Waals surface area contributed by atoms with Gasteiger partial charge in [-0.15, -0.1) is 0 Å². The molecule has 38 heavy (non-hydrogen) atoms. The van der Waals surface area contributed by atoms with Gasteiger partial charge in [0.2, 0.25) is 0 Å². The maximum atomic E-state index is 11.2. The first-order valence-electron chi connectivity index (χ1n) is 12.9. The van der Waals surface area contributed by atoms with Crippen molar-refractivity contribution < 1.29 is 29.2 Å². The molecule has 4 aromatic rings. The lowest BCUT2D eigenvalue weighted by Crippen LogP contribution is -2.61. The summed E-state index contributed by atoms with van der Waals surface area (Å²) in [6.07, 6.45) is -6.31. The molecule has 0 radical (unpaired) electrons. The van der Waals surface area contributed by atoms with E-state index in [1.807, 2.05) is 84.9 Å². The Labute approximate surface area is 221 Å². The minimum atomic E-state index is -1.00. The Kier molecular flexibility index (Phi) is 6.09. The minimum Gasteiger partial charge on any atom is -0.387 e. The maximum absolute atomic E-state index is 11.2. The molecular formula is C32H28O6. The van der Waals surface area contributed by atoms with Gasteiger partial charge in [-0.3, -0.25) is 0 Å². The van der Waals surface area contributed by atoms with Crippen LogP contribution in [0.4, 0.5) is 0 Å². The lowest BCUT2D eigenvalue weighted by molar-refractivity contribution is -0.152. The average Bonchev–Trinajstić information content (AvgIpc) is 3.64. The van der Waals surface area contributed by atoms with Crippen LogP contribution in [0.2, 0.25) is 0 Å². The summed E-state index contributed by atoms with van der Waals surface area (Å²) in [6.45, 7) is 0. The van der Waals surface area contributed by atoms with Gasteiger partial charge < -0.3 is 29.2 Å². The number of fused-ring (bicyclic) bond motifs is 2. The van der Waals surface area contributed by atoms with Gasteiger partial charge >= 0.3 is 0 Å². The van der Waals surface area contributed by atoms with E-state index < -0.39 is 49.2 Å². The zero-order valence-electron chi connectivity index (χ0n) is 20.5.